The molecule has 0 saturated heterocycles. The van der Waals surface area contributed by atoms with Gasteiger partial charge in [-0.2, -0.15) is 0 Å². The fourth-order valence-corrected chi connectivity index (χ4v) is 1.85. The summed E-state index contributed by atoms with van der Waals surface area (Å²) in [4.78, 5) is 0. The number of hydrogen-bond acceptors (Lipinski definition) is 2. The van der Waals surface area contributed by atoms with E-state index in [4.69, 9.17) is 0 Å². The molecular formula is C15H22O2. The second-order valence-corrected chi connectivity index (χ2v) is 4.84. The molecule has 0 unspecified atom stereocenters. The Kier molecular flexibility index (Phi) is 4.22. The van der Waals surface area contributed by atoms with Crippen LogP contribution in [0.4, 0.5) is 0 Å². The molecule has 2 nitrogen and oxygen atoms in total. The van der Waals surface area contributed by atoms with E-state index in [2.05, 4.69) is 13.8 Å². The van der Waals surface area contributed by atoms with Gasteiger partial charge >= 0.3 is 0 Å². The molecule has 1 aromatic carbocycles. The summed E-state index contributed by atoms with van der Waals surface area (Å²) in [7, 11) is 0. The van der Waals surface area contributed by atoms with Crippen molar-refractivity contribution in [3.8, 4) is 11.5 Å². The summed E-state index contributed by atoms with van der Waals surface area (Å²) in [5.74, 6) is 0.560. The number of phenolic OH excluding ortho intramolecular Hbond substituents is 2. The van der Waals surface area contributed by atoms with Gasteiger partial charge in [0.25, 0.3) is 0 Å². The van der Waals surface area contributed by atoms with Gasteiger partial charge in [-0.05, 0) is 43.4 Å². The molecule has 1 rings (SSSR count). The number of hydrogen-bond donors (Lipinski definition) is 2. The van der Waals surface area contributed by atoms with Crippen molar-refractivity contribution in [3.05, 3.63) is 28.8 Å². The molecule has 0 aromatic heterocycles. The zero-order valence-electron chi connectivity index (χ0n) is 11.3. The van der Waals surface area contributed by atoms with Crippen LogP contribution in [-0.2, 0) is 0 Å². The van der Waals surface area contributed by atoms with Crippen molar-refractivity contribution >= 4 is 5.57 Å². The quantitative estimate of drug-likeness (QED) is 0.812. The van der Waals surface area contributed by atoms with Crippen LogP contribution in [0.25, 0.3) is 5.57 Å². The molecule has 1 aromatic rings. The Bertz CT molecular complexity index is 442. The maximum atomic E-state index is 9.92. The van der Waals surface area contributed by atoms with Crippen molar-refractivity contribution in [2.24, 2.45) is 0 Å². The lowest BCUT2D eigenvalue weighted by Gasteiger charge is -2.14. The van der Waals surface area contributed by atoms with Gasteiger partial charge in [0.15, 0.2) is 0 Å². The van der Waals surface area contributed by atoms with Crippen LogP contribution in [0.1, 0.15) is 58.1 Å². The minimum absolute atomic E-state index is 0.150. The van der Waals surface area contributed by atoms with Crippen molar-refractivity contribution in [3.63, 3.8) is 0 Å². The standard InChI is InChI=1S/C15H22O2/c1-6-10(4)11(5)13-7-12(9(2)3)14(16)8-15(13)17/h7-9,16-17H,6H2,1-5H3. The van der Waals surface area contributed by atoms with E-state index in [0.29, 0.717) is 0 Å². The van der Waals surface area contributed by atoms with Crippen LogP contribution >= 0.6 is 0 Å². The lowest BCUT2D eigenvalue weighted by Crippen LogP contribution is -1.93. The van der Waals surface area contributed by atoms with E-state index >= 15 is 0 Å². The highest BCUT2D eigenvalue weighted by Gasteiger charge is 2.13. The largest absolute Gasteiger partial charge is 0.508 e. The first kappa shape index (κ1) is 13.6. The van der Waals surface area contributed by atoms with Crippen molar-refractivity contribution < 1.29 is 10.2 Å². The maximum absolute atomic E-state index is 9.92. The molecule has 2 N–H and O–H groups in total. The summed E-state index contributed by atoms with van der Waals surface area (Å²) in [5.41, 5.74) is 4.04. The second kappa shape index (κ2) is 5.26. The van der Waals surface area contributed by atoms with Crippen LogP contribution in [0, 0.1) is 0 Å². The van der Waals surface area contributed by atoms with Crippen LogP contribution in [0.3, 0.4) is 0 Å². The molecule has 0 spiro atoms. The Morgan fingerprint density at radius 3 is 2.18 bits per heavy atom. The van der Waals surface area contributed by atoms with Crippen molar-refractivity contribution in [2.75, 3.05) is 0 Å². The molecule has 17 heavy (non-hydrogen) atoms. The predicted molar refractivity (Wildman–Crippen MR) is 72.4 cm³/mol. The molecule has 0 aliphatic carbocycles. The van der Waals surface area contributed by atoms with Gasteiger partial charge in [-0.15, -0.1) is 0 Å². The molecule has 0 amide bonds. The normalized spacial score (nSPS) is 12.8. The molecule has 0 bridgehead atoms. The topological polar surface area (TPSA) is 40.5 Å². The smallest absolute Gasteiger partial charge is 0.126 e. The fraction of sp³-hybridized carbons (Fsp3) is 0.467. The van der Waals surface area contributed by atoms with Gasteiger partial charge in [-0.25, -0.2) is 0 Å². The van der Waals surface area contributed by atoms with Gasteiger partial charge in [0.05, 0.1) is 0 Å². The van der Waals surface area contributed by atoms with Crippen LogP contribution in [0.5, 0.6) is 11.5 Å². The van der Waals surface area contributed by atoms with Crippen molar-refractivity contribution in [2.45, 2.75) is 47.0 Å². The van der Waals surface area contributed by atoms with E-state index in [0.717, 1.165) is 23.1 Å². The third-order valence-electron chi connectivity index (χ3n) is 3.34. The van der Waals surface area contributed by atoms with Gasteiger partial charge in [0.1, 0.15) is 11.5 Å². The lowest BCUT2D eigenvalue weighted by atomic mass is 9.93. The molecule has 0 aliphatic heterocycles. The van der Waals surface area contributed by atoms with E-state index in [1.165, 1.54) is 11.6 Å². The number of rotatable bonds is 3. The van der Waals surface area contributed by atoms with Gasteiger partial charge in [0, 0.05) is 11.6 Å². The van der Waals surface area contributed by atoms with Gasteiger partial charge in [0.2, 0.25) is 0 Å². The third kappa shape index (κ3) is 2.82. The van der Waals surface area contributed by atoms with Gasteiger partial charge in [-0.1, -0.05) is 26.3 Å². The summed E-state index contributed by atoms with van der Waals surface area (Å²) in [6.45, 7) is 10.2. The summed E-state index contributed by atoms with van der Waals surface area (Å²) < 4.78 is 0. The van der Waals surface area contributed by atoms with Gasteiger partial charge in [-0.3, -0.25) is 0 Å². The Hall–Kier alpha value is -1.44. The van der Waals surface area contributed by atoms with Gasteiger partial charge < -0.3 is 10.2 Å². The molecule has 0 heterocycles. The summed E-state index contributed by atoms with van der Waals surface area (Å²) in [5, 5.41) is 19.7. The second-order valence-electron chi connectivity index (χ2n) is 4.84. The monoisotopic (exact) mass is 234 g/mol. The first-order valence-electron chi connectivity index (χ1n) is 6.11. The fourth-order valence-electron chi connectivity index (χ4n) is 1.85. The van der Waals surface area contributed by atoms with Crippen LogP contribution in [0.2, 0.25) is 0 Å². The summed E-state index contributed by atoms with van der Waals surface area (Å²) >= 11 is 0. The van der Waals surface area contributed by atoms with E-state index in [9.17, 15) is 10.2 Å². The molecule has 94 valence electrons. The highest BCUT2D eigenvalue weighted by Crippen LogP contribution is 2.36. The molecule has 0 atom stereocenters. The molecule has 0 aliphatic rings. The number of allylic oxidation sites excluding steroid dienone is 2. The number of phenols is 2. The van der Waals surface area contributed by atoms with E-state index in [1.54, 1.807) is 0 Å². The van der Waals surface area contributed by atoms with E-state index < -0.39 is 0 Å². The van der Waals surface area contributed by atoms with E-state index in [1.807, 2.05) is 26.8 Å². The van der Waals surface area contributed by atoms with Crippen LogP contribution in [0.15, 0.2) is 17.7 Å². The van der Waals surface area contributed by atoms with E-state index in [-0.39, 0.29) is 17.4 Å². The Labute approximate surface area is 104 Å². The summed E-state index contributed by atoms with van der Waals surface area (Å²) in [6.07, 6.45) is 0.961. The average Bonchev–Trinajstić information content (AvgIpc) is 2.26. The molecule has 0 radical (unpaired) electrons. The SMILES string of the molecule is CCC(C)=C(C)c1cc(C(C)C)c(O)cc1O. The van der Waals surface area contributed by atoms with Crippen LogP contribution < -0.4 is 0 Å². The number of benzene rings is 1. The maximum Gasteiger partial charge on any atom is 0.126 e. The minimum Gasteiger partial charge on any atom is -0.508 e. The molecular weight excluding hydrogens is 212 g/mol. The Balaban J connectivity index is 3.40. The average molecular weight is 234 g/mol. The first-order chi connectivity index (χ1) is 7.88. The first-order valence-corrected chi connectivity index (χ1v) is 6.11. The third-order valence-corrected chi connectivity index (χ3v) is 3.34. The predicted octanol–water partition coefficient (Wildman–Crippen LogP) is 4.42. The van der Waals surface area contributed by atoms with Crippen molar-refractivity contribution in [1.29, 1.82) is 0 Å². The number of aromatic hydroxyl groups is 2. The Morgan fingerprint density at radius 1 is 1.12 bits per heavy atom. The zero-order valence-corrected chi connectivity index (χ0v) is 11.3. The highest BCUT2D eigenvalue weighted by atomic mass is 16.3. The molecule has 0 saturated carbocycles. The molecule has 2 heteroatoms. The van der Waals surface area contributed by atoms with Crippen LogP contribution in [-0.4, -0.2) is 10.2 Å². The lowest BCUT2D eigenvalue weighted by molar-refractivity contribution is 0.443. The molecule has 0 fully saturated rings. The van der Waals surface area contributed by atoms with Crippen molar-refractivity contribution in [1.82, 2.24) is 0 Å². The Morgan fingerprint density at radius 2 is 1.71 bits per heavy atom. The zero-order chi connectivity index (χ0) is 13.2. The summed E-state index contributed by atoms with van der Waals surface area (Å²) in [6, 6.07) is 3.33. The minimum atomic E-state index is 0.150. The highest BCUT2D eigenvalue weighted by molar-refractivity contribution is 5.73.